The molecule has 5 nitrogen and oxygen atoms in total. The van der Waals surface area contributed by atoms with Crippen molar-refractivity contribution in [1.82, 2.24) is 15.2 Å². The summed E-state index contributed by atoms with van der Waals surface area (Å²) < 4.78 is 6.90. The van der Waals surface area contributed by atoms with Crippen molar-refractivity contribution in [3.8, 4) is 17.1 Å². The van der Waals surface area contributed by atoms with Crippen molar-refractivity contribution >= 4 is 34.2 Å². The molecule has 0 aliphatic carbocycles. The Balaban J connectivity index is 2.25. The quantitative estimate of drug-likeness (QED) is 0.771. The lowest BCUT2D eigenvalue weighted by Gasteiger charge is -2.26. The highest BCUT2D eigenvalue weighted by Gasteiger charge is 2.29. The first-order valence-electron chi connectivity index (χ1n) is 6.10. The number of anilines is 1. The number of fused-ring (bicyclic) bond motifs is 3. The Labute approximate surface area is 130 Å². The van der Waals surface area contributed by atoms with Crippen LogP contribution < -0.4 is 10.1 Å². The average Bonchev–Trinajstić information content (AvgIpc) is 2.50. The van der Waals surface area contributed by atoms with E-state index in [1.807, 2.05) is 32.0 Å². The molecular formula is C13H13BrN4OS. The van der Waals surface area contributed by atoms with E-state index in [2.05, 4.69) is 49.1 Å². The van der Waals surface area contributed by atoms with Gasteiger partial charge in [-0.05, 0) is 32.0 Å². The van der Waals surface area contributed by atoms with E-state index < -0.39 is 5.72 Å². The second-order valence-corrected chi connectivity index (χ2v) is 6.20. The molecule has 0 atom stereocenters. The Morgan fingerprint density at radius 1 is 1.35 bits per heavy atom. The first-order chi connectivity index (χ1) is 9.48. The van der Waals surface area contributed by atoms with Crippen LogP contribution in [0.4, 0.5) is 5.69 Å². The molecule has 1 aliphatic heterocycles. The molecule has 0 bridgehead atoms. The van der Waals surface area contributed by atoms with Crippen molar-refractivity contribution in [3.63, 3.8) is 0 Å². The maximum Gasteiger partial charge on any atom is 0.246 e. The zero-order valence-electron chi connectivity index (χ0n) is 11.0. The van der Waals surface area contributed by atoms with Gasteiger partial charge in [0.2, 0.25) is 5.88 Å². The number of halogens is 1. The number of nitrogens with one attached hydrogen (secondary N) is 1. The van der Waals surface area contributed by atoms with Gasteiger partial charge in [0.1, 0.15) is 0 Å². The summed E-state index contributed by atoms with van der Waals surface area (Å²) in [7, 11) is 0. The number of aromatic nitrogens is 3. The predicted octanol–water partition coefficient (Wildman–Crippen LogP) is 3.27. The fraction of sp³-hybridized carbons (Fsp3) is 0.308. The molecular weight excluding hydrogens is 340 g/mol. The first kappa shape index (κ1) is 13.6. The molecule has 1 aromatic heterocycles. The lowest BCUT2D eigenvalue weighted by Crippen LogP contribution is -2.37. The zero-order valence-corrected chi connectivity index (χ0v) is 13.5. The minimum Gasteiger partial charge on any atom is -0.450 e. The van der Waals surface area contributed by atoms with E-state index in [1.165, 1.54) is 0 Å². The van der Waals surface area contributed by atoms with Crippen LogP contribution >= 0.6 is 28.6 Å². The number of rotatable bonds is 1. The highest BCUT2D eigenvalue weighted by Crippen LogP contribution is 2.39. The number of nitrogens with zero attached hydrogens (tertiary/aromatic N) is 3. The standard InChI is InChI=1S/C13H13BrN4OS/c1-13(2)16-9-4-3-7(14)5-8(9)11-12(19-13)15-10(6-20)17-18-11/h3-5,16,20H,6H2,1-2H3. The minimum absolute atomic E-state index is 0.419. The van der Waals surface area contributed by atoms with E-state index in [1.54, 1.807) is 0 Å². The van der Waals surface area contributed by atoms with Crippen LogP contribution in [-0.4, -0.2) is 20.9 Å². The molecule has 7 heteroatoms. The van der Waals surface area contributed by atoms with Crippen LogP contribution in [0.15, 0.2) is 22.7 Å². The Morgan fingerprint density at radius 2 is 2.15 bits per heavy atom. The van der Waals surface area contributed by atoms with Gasteiger partial charge >= 0.3 is 0 Å². The Bertz CT molecular complexity index is 677. The Morgan fingerprint density at radius 3 is 2.90 bits per heavy atom. The monoisotopic (exact) mass is 352 g/mol. The van der Waals surface area contributed by atoms with Crippen molar-refractivity contribution in [2.75, 3.05) is 5.32 Å². The number of thiol groups is 1. The van der Waals surface area contributed by atoms with Gasteiger partial charge in [-0.1, -0.05) is 15.9 Å². The highest BCUT2D eigenvalue weighted by atomic mass is 79.9. The summed E-state index contributed by atoms with van der Waals surface area (Å²) in [6.45, 7) is 3.88. The maximum absolute atomic E-state index is 5.94. The second-order valence-electron chi connectivity index (χ2n) is 4.97. The van der Waals surface area contributed by atoms with Gasteiger partial charge in [-0.15, -0.1) is 10.2 Å². The largest absolute Gasteiger partial charge is 0.450 e. The number of hydrogen-bond donors (Lipinski definition) is 2. The van der Waals surface area contributed by atoms with Crippen LogP contribution in [0.3, 0.4) is 0 Å². The average molecular weight is 353 g/mol. The summed E-state index contributed by atoms with van der Waals surface area (Å²) in [6, 6.07) is 5.92. The number of ether oxygens (including phenoxy) is 1. The van der Waals surface area contributed by atoms with E-state index in [9.17, 15) is 0 Å². The van der Waals surface area contributed by atoms with Crippen molar-refractivity contribution in [3.05, 3.63) is 28.5 Å². The fourth-order valence-electron chi connectivity index (χ4n) is 2.06. The van der Waals surface area contributed by atoms with Crippen LogP contribution in [0.1, 0.15) is 19.7 Å². The van der Waals surface area contributed by atoms with Gasteiger partial charge in [0.05, 0.1) is 5.75 Å². The molecule has 20 heavy (non-hydrogen) atoms. The molecule has 0 unspecified atom stereocenters. The summed E-state index contributed by atoms with van der Waals surface area (Å²) in [5.74, 6) is 1.43. The van der Waals surface area contributed by atoms with E-state index in [4.69, 9.17) is 4.74 Å². The third-order valence-corrected chi connectivity index (χ3v) is 3.64. The van der Waals surface area contributed by atoms with Gasteiger partial charge in [-0.2, -0.15) is 17.6 Å². The molecule has 1 aromatic carbocycles. The molecule has 2 aromatic rings. The number of benzene rings is 1. The van der Waals surface area contributed by atoms with Gasteiger partial charge in [-0.25, -0.2) is 0 Å². The van der Waals surface area contributed by atoms with Crippen LogP contribution in [0.5, 0.6) is 5.88 Å². The van der Waals surface area contributed by atoms with Crippen LogP contribution in [-0.2, 0) is 5.75 Å². The summed E-state index contributed by atoms with van der Waals surface area (Å²) in [5, 5.41) is 11.7. The van der Waals surface area contributed by atoms with E-state index >= 15 is 0 Å². The molecule has 0 spiro atoms. The molecule has 0 fully saturated rings. The van der Waals surface area contributed by atoms with Crippen LogP contribution in [0, 0.1) is 0 Å². The van der Waals surface area contributed by atoms with Gasteiger partial charge in [0.25, 0.3) is 0 Å². The molecule has 3 rings (SSSR count). The smallest absolute Gasteiger partial charge is 0.246 e. The second kappa shape index (κ2) is 4.89. The van der Waals surface area contributed by atoms with Crippen molar-refractivity contribution in [1.29, 1.82) is 0 Å². The lowest BCUT2D eigenvalue weighted by atomic mass is 10.1. The zero-order chi connectivity index (χ0) is 14.3. The van der Waals surface area contributed by atoms with Crippen LogP contribution in [0.2, 0.25) is 0 Å². The lowest BCUT2D eigenvalue weighted by molar-refractivity contribution is 0.135. The van der Waals surface area contributed by atoms with Gasteiger partial charge in [-0.3, -0.25) is 0 Å². The van der Waals surface area contributed by atoms with Crippen molar-refractivity contribution in [2.45, 2.75) is 25.3 Å². The van der Waals surface area contributed by atoms with E-state index in [0.29, 0.717) is 23.2 Å². The molecule has 104 valence electrons. The van der Waals surface area contributed by atoms with Crippen molar-refractivity contribution in [2.24, 2.45) is 0 Å². The topological polar surface area (TPSA) is 59.9 Å². The summed E-state index contributed by atoms with van der Waals surface area (Å²) in [6.07, 6.45) is 0. The molecule has 0 amide bonds. The number of hydrogen-bond acceptors (Lipinski definition) is 6. The van der Waals surface area contributed by atoms with Gasteiger partial charge < -0.3 is 10.1 Å². The van der Waals surface area contributed by atoms with Crippen LogP contribution in [0.25, 0.3) is 11.3 Å². The third-order valence-electron chi connectivity index (χ3n) is 2.86. The first-order valence-corrected chi connectivity index (χ1v) is 7.52. The van der Waals surface area contributed by atoms with E-state index in [-0.39, 0.29) is 0 Å². The molecule has 0 saturated carbocycles. The molecule has 2 heterocycles. The van der Waals surface area contributed by atoms with Gasteiger partial charge in [0.15, 0.2) is 17.2 Å². The highest BCUT2D eigenvalue weighted by molar-refractivity contribution is 9.10. The van der Waals surface area contributed by atoms with Gasteiger partial charge in [0, 0.05) is 15.7 Å². The minimum atomic E-state index is -0.586. The Kier molecular flexibility index (Phi) is 3.33. The van der Waals surface area contributed by atoms with Crippen molar-refractivity contribution < 1.29 is 4.74 Å². The fourth-order valence-corrected chi connectivity index (χ4v) is 2.56. The summed E-state index contributed by atoms with van der Waals surface area (Å²) in [4.78, 5) is 4.39. The third kappa shape index (κ3) is 2.47. The normalized spacial score (nSPS) is 15.4. The molecule has 0 radical (unpaired) electrons. The van der Waals surface area contributed by atoms with E-state index in [0.717, 1.165) is 15.7 Å². The summed E-state index contributed by atoms with van der Waals surface area (Å²) >= 11 is 7.65. The summed E-state index contributed by atoms with van der Waals surface area (Å²) in [5.41, 5.74) is 1.89. The Hall–Kier alpha value is -1.34. The molecule has 1 aliphatic rings. The molecule has 0 saturated heterocycles. The SMILES string of the molecule is CC1(C)Nc2ccc(Br)cc2-c2nnc(CS)nc2O1. The molecule has 1 N–H and O–H groups in total. The maximum atomic E-state index is 5.94. The predicted molar refractivity (Wildman–Crippen MR) is 84.0 cm³/mol.